The van der Waals surface area contributed by atoms with E-state index in [2.05, 4.69) is 5.32 Å². The van der Waals surface area contributed by atoms with Crippen molar-refractivity contribution in [3.63, 3.8) is 0 Å². The van der Waals surface area contributed by atoms with Crippen LogP contribution < -0.4 is 5.32 Å². The van der Waals surface area contributed by atoms with E-state index in [1.54, 1.807) is 25.1 Å². The summed E-state index contributed by atoms with van der Waals surface area (Å²) in [6.45, 7) is 7.82. The zero-order valence-electron chi connectivity index (χ0n) is 19.9. The Hall–Kier alpha value is -3.13. The molecular weight excluding hydrogens is 437 g/mol. The Kier molecular flexibility index (Phi) is 5.31. The predicted molar refractivity (Wildman–Crippen MR) is 124 cm³/mol. The lowest BCUT2D eigenvalue weighted by Crippen LogP contribution is -2.59. The molecule has 1 saturated carbocycles. The molecule has 34 heavy (non-hydrogen) atoms. The molecule has 5 rings (SSSR count). The van der Waals surface area contributed by atoms with Gasteiger partial charge in [-0.1, -0.05) is 32.9 Å². The number of benzene rings is 1. The van der Waals surface area contributed by atoms with Gasteiger partial charge in [-0.25, -0.2) is 9.40 Å². The molecule has 2 aliphatic heterocycles. The normalized spacial score (nSPS) is 24.7. The molecule has 1 saturated heterocycles. The van der Waals surface area contributed by atoms with Gasteiger partial charge in [0.15, 0.2) is 0 Å². The van der Waals surface area contributed by atoms with Crippen molar-refractivity contribution in [2.24, 2.45) is 5.92 Å². The van der Waals surface area contributed by atoms with E-state index in [9.17, 15) is 19.1 Å². The van der Waals surface area contributed by atoms with Gasteiger partial charge in [-0.3, -0.25) is 14.6 Å². The van der Waals surface area contributed by atoms with Gasteiger partial charge in [0, 0.05) is 17.5 Å². The minimum atomic E-state index is -0.666. The highest BCUT2D eigenvalue weighted by Crippen LogP contribution is 2.48. The third-order valence-corrected chi connectivity index (χ3v) is 7.05. The molecule has 1 aromatic carbocycles. The van der Waals surface area contributed by atoms with Gasteiger partial charge in [0.05, 0.1) is 18.3 Å². The van der Waals surface area contributed by atoms with E-state index in [1.807, 2.05) is 25.8 Å². The number of anilines is 1. The average molecular weight is 468 g/mol. The molecule has 7 nitrogen and oxygen atoms in total. The van der Waals surface area contributed by atoms with Crippen LogP contribution >= 0.6 is 0 Å². The van der Waals surface area contributed by atoms with Gasteiger partial charge < -0.3 is 14.8 Å². The van der Waals surface area contributed by atoms with Gasteiger partial charge in [-0.2, -0.15) is 0 Å². The first-order valence-corrected chi connectivity index (χ1v) is 11.7. The number of nitrogens with zero attached hydrogens (tertiary/aromatic N) is 2. The third-order valence-electron chi connectivity index (χ3n) is 7.05. The molecule has 0 radical (unpaired) electrons. The fraction of sp³-hybridized carbons (Fsp3) is 0.462. The van der Waals surface area contributed by atoms with Crippen molar-refractivity contribution in [1.82, 2.24) is 10.0 Å². The quantitative estimate of drug-likeness (QED) is 0.643. The van der Waals surface area contributed by atoms with Crippen LogP contribution in [0.25, 0.3) is 0 Å². The van der Waals surface area contributed by atoms with Gasteiger partial charge in [0.25, 0.3) is 11.8 Å². The SMILES string of the molecule is Cc1cc(NC(=O)C2=C(O)[C@@H]3[C@H]4CC[C@H](C4)N3N(Cc3cccc(F)c3)C2=O)c(C(C)(C)C)o1. The molecule has 180 valence electrons. The Morgan fingerprint density at radius 3 is 2.74 bits per heavy atom. The molecule has 8 heteroatoms. The Labute approximate surface area is 198 Å². The smallest absolute Gasteiger partial charge is 0.277 e. The highest BCUT2D eigenvalue weighted by Gasteiger charge is 2.56. The van der Waals surface area contributed by atoms with Crippen molar-refractivity contribution in [3.8, 4) is 0 Å². The second kappa shape index (κ2) is 7.98. The summed E-state index contributed by atoms with van der Waals surface area (Å²) in [4.78, 5) is 27.1. The number of nitrogens with one attached hydrogen (secondary N) is 1. The number of piperidine rings is 1. The highest BCUT2D eigenvalue weighted by molar-refractivity contribution is 6.23. The molecule has 1 aliphatic carbocycles. The largest absolute Gasteiger partial charge is 0.510 e. The molecule has 3 aliphatic rings. The Morgan fingerprint density at radius 1 is 1.26 bits per heavy atom. The van der Waals surface area contributed by atoms with E-state index in [-0.39, 0.29) is 41.1 Å². The number of aliphatic hydroxyl groups excluding tert-OH is 1. The van der Waals surface area contributed by atoms with E-state index in [0.717, 1.165) is 19.3 Å². The molecule has 2 amide bonds. The van der Waals surface area contributed by atoms with Crippen molar-refractivity contribution in [2.45, 2.75) is 71.0 Å². The topological polar surface area (TPSA) is 86.0 Å². The minimum absolute atomic E-state index is 0.114. The molecular formula is C26H30FN3O4. The van der Waals surface area contributed by atoms with Crippen LogP contribution in [0.3, 0.4) is 0 Å². The van der Waals surface area contributed by atoms with Gasteiger partial charge in [-0.15, -0.1) is 0 Å². The van der Waals surface area contributed by atoms with Crippen LogP contribution in [0.4, 0.5) is 10.1 Å². The van der Waals surface area contributed by atoms with E-state index in [0.29, 0.717) is 22.8 Å². The zero-order valence-corrected chi connectivity index (χ0v) is 19.9. The number of carbonyl (C=O) groups excluding carboxylic acids is 2. The maximum Gasteiger partial charge on any atom is 0.277 e. The fourth-order valence-electron chi connectivity index (χ4n) is 5.67. The first kappa shape index (κ1) is 22.7. The van der Waals surface area contributed by atoms with Gasteiger partial charge in [0.2, 0.25) is 0 Å². The fourth-order valence-corrected chi connectivity index (χ4v) is 5.67. The van der Waals surface area contributed by atoms with Crippen LogP contribution in [0.15, 0.2) is 46.1 Å². The number of halogens is 1. The monoisotopic (exact) mass is 467 g/mol. The zero-order chi connectivity index (χ0) is 24.4. The summed E-state index contributed by atoms with van der Waals surface area (Å²) in [6, 6.07) is 7.50. The molecule has 0 unspecified atom stereocenters. The number of carbonyl (C=O) groups is 2. The van der Waals surface area contributed by atoms with Crippen LogP contribution in [0.2, 0.25) is 0 Å². The average Bonchev–Trinajstić information content (AvgIpc) is 3.45. The second-order valence-electron chi connectivity index (χ2n) is 10.6. The predicted octanol–water partition coefficient (Wildman–Crippen LogP) is 4.59. The van der Waals surface area contributed by atoms with Crippen molar-refractivity contribution in [1.29, 1.82) is 0 Å². The van der Waals surface area contributed by atoms with Crippen LogP contribution in [0, 0.1) is 18.7 Å². The number of rotatable bonds is 4. The number of hydrazine groups is 1. The summed E-state index contributed by atoms with van der Waals surface area (Å²) in [5.74, 6) is -0.413. The Balaban J connectivity index is 1.51. The summed E-state index contributed by atoms with van der Waals surface area (Å²) >= 11 is 0. The molecule has 0 spiro atoms. The number of aliphatic hydroxyl groups is 1. The lowest BCUT2D eigenvalue weighted by Gasteiger charge is -2.46. The second-order valence-corrected chi connectivity index (χ2v) is 10.6. The summed E-state index contributed by atoms with van der Waals surface area (Å²) in [7, 11) is 0. The van der Waals surface area contributed by atoms with E-state index in [4.69, 9.17) is 4.42 Å². The lowest BCUT2D eigenvalue weighted by molar-refractivity contribution is -0.161. The Morgan fingerprint density at radius 2 is 2.03 bits per heavy atom. The lowest BCUT2D eigenvalue weighted by atomic mass is 9.91. The van der Waals surface area contributed by atoms with Crippen molar-refractivity contribution >= 4 is 17.5 Å². The number of fused-ring (bicyclic) bond motifs is 5. The van der Waals surface area contributed by atoms with Gasteiger partial charge in [-0.05, 0) is 49.8 Å². The van der Waals surface area contributed by atoms with Crippen LogP contribution in [-0.4, -0.2) is 39.0 Å². The molecule has 1 aromatic heterocycles. The first-order valence-electron chi connectivity index (χ1n) is 11.7. The molecule has 2 fully saturated rings. The van der Waals surface area contributed by atoms with E-state index < -0.39 is 17.9 Å². The summed E-state index contributed by atoms with van der Waals surface area (Å²) in [5, 5.41) is 17.4. The van der Waals surface area contributed by atoms with Crippen LogP contribution in [-0.2, 0) is 21.5 Å². The standard InChI is InChI=1S/C26H30FN3O4/c1-14-10-19(23(34-14)26(2,3)4)28-24(32)20-22(31)21-16-8-9-18(12-16)30(21)29(25(20)33)13-15-6-5-7-17(27)11-15/h5-7,10-11,16,18,21,31H,8-9,12-13H2,1-4H3,(H,28,32)/t16-,18+,21-/m0/s1. The maximum atomic E-state index is 13.8. The van der Waals surface area contributed by atoms with Crippen molar-refractivity contribution < 1.29 is 23.5 Å². The van der Waals surface area contributed by atoms with Crippen LogP contribution in [0.1, 0.15) is 57.1 Å². The minimum Gasteiger partial charge on any atom is -0.510 e. The molecule has 2 bridgehead atoms. The maximum absolute atomic E-state index is 13.8. The number of hydrogen-bond acceptors (Lipinski definition) is 5. The van der Waals surface area contributed by atoms with E-state index >= 15 is 0 Å². The van der Waals surface area contributed by atoms with Crippen molar-refractivity contribution in [2.75, 3.05) is 5.32 Å². The number of amides is 2. The van der Waals surface area contributed by atoms with Crippen LogP contribution in [0.5, 0.6) is 0 Å². The van der Waals surface area contributed by atoms with Gasteiger partial charge in [0.1, 0.15) is 28.7 Å². The number of aryl methyl sites for hydroxylation is 1. The van der Waals surface area contributed by atoms with Crippen molar-refractivity contribution in [3.05, 3.63) is 64.6 Å². The summed E-state index contributed by atoms with van der Waals surface area (Å²) in [6.07, 6.45) is 2.71. The number of furan rings is 1. The highest BCUT2D eigenvalue weighted by atomic mass is 19.1. The summed E-state index contributed by atoms with van der Waals surface area (Å²) < 4.78 is 19.7. The molecule has 2 aromatic rings. The molecule has 2 N–H and O–H groups in total. The van der Waals surface area contributed by atoms with E-state index in [1.165, 1.54) is 17.1 Å². The Bertz CT molecular complexity index is 1190. The number of hydrogen-bond donors (Lipinski definition) is 2. The third kappa shape index (κ3) is 3.70. The first-order chi connectivity index (χ1) is 16.0. The molecule has 3 atom stereocenters. The molecule has 3 heterocycles. The van der Waals surface area contributed by atoms with Gasteiger partial charge >= 0.3 is 0 Å². The summed E-state index contributed by atoms with van der Waals surface area (Å²) in [5.41, 5.74) is 0.477.